The Labute approximate surface area is 121 Å². The Morgan fingerprint density at radius 1 is 1.24 bits per heavy atom. The first-order chi connectivity index (χ1) is 10.0. The number of benzene rings is 1. The average Bonchev–Trinajstić information content (AvgIpc) is 3.06. The molecule has 3 aromatic rings. The molecule has 0 spiro atoms. The van der Waals surface area contributed by atoms with Gasteiger partial charge in [0.25, 0.3) is 0 Å². The minimum atomic E-state index is -1.33. The molecule has 0 fully saturated rings. The standard InChI is InChI=1S/C14H7F2NO3S/c15-8-4-7(5-9(16)6-8)12-11(14(18)19)17-13(20-12)10-2-1-3-21-10/h1-6H,(H,18,19). The Hall–Kier alpha value is -2.54. The molecule has 0 bridgehead atoms. The number of rotatable bonds is 3. The maximum absolute atomic E-state index is 13.3. The third-order valence-electron chi connectivity index (χ3n) is 2.69. The van der Waals surface area contributed by atoms with E-state index in [1.165, 1.54) is 11.3 Å². The first-order valence-corrected chi connectivity index (χ1v) is 6.67. The van der Waals surface area contributed by atoms with E-state index in [1.54, 1.807) is 17.5 Å². The molecule has 2 aromatic heterocycles. The number of hydrogen-bond acceptors (Lipinski definition) is 4. The molecule has 0 atom stereocenters. The number of halogens is 2. The molecule has 0 radical (unpaired) electrons. The fourth-order valence-electron chi connectivity index (χ4n) is 1.85. The molecule has 0 unspecified atom stereocenters. The highest BCUT2D eigenvalue weighted by Crippen LogP contribution is 2.32. The molecule has 1 N–H and O–H groups in total. The SMILES string of the molecule is O=C(O)c1nc(-c2cccs2)oc1-c1cc(F)cc(F)c1. The normalized spacial score (nSPS) is 10.8. The summed E-state index contributed by atoms with van der Waals surface area (Å²) in [5.74, 6) is -3.06. The summed E-state index contributed by atoms with van der Waals surface area (Å²) in [6, 6.07) is 6.15. The monoisotopic (exact) mass is 307 g/mol. The Morgan fingerprint density at radius 3 is 2.52 bits per heavy atom. The molecule has 1 aromatic carbocycles. The molecule has 0 saturated heterocycles. The van der Waals surface area contributed by atoms with Gasteiger partial charge >= 0.3 is 5.97 Å². The van der Waals surface area contributed by atoms with Gasteiger partial charge in [-0.2, -0.15) is 0 Å². The van der Waals surface area contributed by atoms with Gasteiger partial charge in [0.05, 0.1) is 4.88 Å². The highest BCUT2D eigenvalue weighted by molar-refractivity contribution is 7.13. The lowest BCUT2D eigenvalue weighted by Gasteiger charge is -1.99. The van der Waals surface area contributed by atoms with Gasteiger partial charge in [-0.1, -0.05) is 6.07 Å². The van der Waals surface area contributed by atoms with Gasteiger partial charge in [-0.15, -0.1) is 11.3 Å². The molecular weight excluding hydrogens is 300 g/mol. The van der Waals surface area contributed by atoms with Gasteiger partial charge < -0.3 is 9.52 Å². The molecular formula is C14H7F2NO3S. The minimum absolute atomic E-state index is 0.0137. The second-order valence-electron chi connectivity index (χ2n) is 4.14. The number of carbonyl (C=O) groups is 1. The lowest BCUT2D eigenvalue weighted by Crippen LogP contribution is -1.99. The zero-order chi connectivity index (χ0) is 15.0. The van der Waals surface area contributed by atoms with Crippen LogP contribution in [0, 0.1) is 11.6 Å². The van der Waals surface area contributed by atoms with E-state index in [-0.39, 0.29) is 22.9 Å². The number of aromatic nitrogens is 1. The van der Waals surface area contributed by atoms with Gasteiger partial charge in [-0.3, -0.25) is 0 Å². The summed E-state index contributed by atoms with van der Waals surface area (Å²) in [6.07, 6.45) is 0. The van der Waals surface area contributed by atoms with E-state index >= 15 is 0 Å². The first-order valence-electron chi connectivity index (χ1n) is 5.79. The van der Waals surface area contributed by atoms with Crippen molar-refractivity contribution in [2.24, 2.45) is 0 Å². The van der Waals surface area contributed by atoms with E-state index in [0.29, 0.717) is 10.9 Å². The predicted molar refractivity (Wildman–Crippen MR) is 72.1 cm³/mol. The highest BCUT2D eigenvalue weighted by Gasteiger charge is 2.22. The van der Waals surface area contributed by atoms with Crippen molar-refractivity contribution >= 4 is 17.3 Å². The number of aromatic carboxylic acids is 1. The van der Waals surface area contributed by atoms with Gasteiger partial charge in [-0.25, -0.2) is 18.6 Å². The molecule has 0 aliphatic heterocycles. The van der Waals surface area contributed by atoms with E-state index < -0.39 is 17.6 Å². The smallest absolute Gasteiger partial charge is 0.358 e. The Balaban J connectivity index is 2.19. The van der Waals surface area contributed by atoms with Crippen LogP contribution in [0.4, 0.5) is 8.78 Å². The molecule has 21 heavy (non-hydrogen) atoms. The van der Waals surface area contributed by atoms with Gasteiger partial charge in [0, 0.05) is 11.6 Å². The third-order valence-corrected chi connectivity index (χ3v) is 3.54. The van der Waals surface area contributed by atoms with Crippen LogP contribution in [0.15, 0.2) is 40.1 Å². The number of hydrogen-bond donors (Lipinski definition) is 1. The zero-order valence-electron chi connectivity index (χ0n) is 10.3. The van der Waals surface area contributed by atoms with Crippen molar-refractivity contribution in [2.75, 3.05) is 0 Å². The fourth-order valence-corrected chi connectivity index (χ4v) is 2.50. The zero-order valence-corrected chi connectivity index (χ0v) is 11.2. The third kappa shape index (κ3) is 2.55. The molecule has 3 rings (SSSR count). The summed E-state index contributed by atoms with van der Waals surface area (Å²) < 4.78 is 32.0. The van der Waals surface area contributed by atoms with E-state index in [9.17, 15) is 13.6 Å². The van der Waals surface area contributed by atoms with Crippen LogP contribution in [0.5, 0.6) is 0 Å². The molecule has 0 aliphatic rings. The van der Waals surface area contributed by atoms with Crippen molar-refractivity contribution in [1.82, 2.24) is 4.98 Å². The maximum Gasteiger partial charge on any atom is 0.358 e. The quantitative estimate of drug-likeness (QED) is 0.793. The minimum Gasteiger partial charge on any atom is -0.476 e. The summed E-state index contributed by atoms with van der Waals surface area (Å²) in [5, 5.41) is 10.9. The van der Waals surface area contributed by atoms with Crippen molar-refractivity contribution in [3.05, 3.63) is 53.0 Å². The average molecular weight is 307 g/mol. The molecule has 0 aliphatic carbocycles. The van der Waals surface area contributed by atoms with Crippen molar-refractivity contribution in [3.63, 3.8) is 0 Å². The molecule has 0 saturated carbocycles. The van der Waals surface area contributed by atoms with Crippen LogP contribution in [-0.2, 0) is 0 Å². The number of nitrogens with zero attached hydrogens (tertiary/aromatic N) is 1. The molecule has 106 valence electrons. The summed E-state index contributed by atoms with van der Waals surface area (Å²) in [7, 11) is 0. The van der Waals surface area contributed by atoms with Gasteiger partial charge in [0.2, 0.25) is 5.89 Å². The summed E-state index contributed by atoms with van der Waals surface area (Å²) in [4.78, 5) is 15.8. The van der Waals surface area contributed by atoms with Gasteiger partial charge in [-0.05, 0) is 23.6 Å². The van der Waals surface area contributed by atoms with Crippen molar-refractivity contribution in [3.8, 4) is 22.1 Å². The van der Waals surface area contributed by atoms with Crippen LogP contribution >= 0.6 is 11.3 Å². The van der Waals surface area contributed by atoms with Gasteiger partial charge in [0.1, 0.15) is 11.6 Å². The van der Waals surface area contributed by atoms with Crippen molar-refractivity contribution < 1.29 is 23.1 Å². The summed E-state index contributed by atoms with van der Waals surface area (Å²) >= 11 is 1.31. The molecule has 7 heteroatoms. The number of carboxylic acids is 1. The maximum atomic E-state index is 13.3. The van der Waals surface area contributed by atoms with E-state index in [4.69, 9.17) is 9.52 Å². The predicted octanol–water partition coefficient (Wildman–Crippen LogP) is 4.05. The summed E-state index contributed by atoms with van der Waals surface area (Å²) in [5.41, 5.74) is -0.399. The largest absolute Gasteiger partial charge is 0.476 e. The number of carboxylic acid groups (broad SMARTS) is 1. The van der Waals surface area contributed by atoms with Gasteiger partial charge in [0.15, 0.2) is 11.5 Å². The molecule has 4 nitrogen and oxygen atoms in total. The van der Waals surface area contributed by atoms with Crippen LogP contribution in [0.3, 0.4) is 0 Å². The first kappa shape index (κ1) is 13.4. The van der Waals surface area contributed by atoms with E-state index in [0.717, 1.165) is 12.1 Å². The van der Waals surface area contributed by atoms with E-state index in [2.05, 4.69) is 4.98 Å². The second kappa shape index (κ2) is 5.10. The molecule has 2 heterocycles. The Morgan fingerprint density at radius 2 is 1.95 bits per heavy atom. The highest BCUT2D eigenvalue weighted by atomic mass is 32.1. The molecule has 0 amide bonds. The lowest BCUT2D eigenvalue weighted by atomic mass is 10.1. The summed E-state index contributed by atoms with van der Waals surface area (Å²) in [6.45, 7) is 0. The van der Waals surface area contributed by atoms with Crippen molar-refractivity contribution in [1.29, 1.82) is 0 Å². The van der Waals surface area contributed by atoms with Crippen LogP contribution in [0.1, 0.15) is 10.5 Å². The fraction of sp³-hybridized carbons (Fsp3) is 0. The topological polar surface area (TPSA) is 63.3 Å². The van der Waals surface area contributed by atoms with Crippen LogP contribution in [-0.4, -0.2) is 16.1 Å². The van der Waals surface area contributed by atoms with Crippen molar-refractivity contribution in [2.45, 2.75) is 0 Å². The van der Waals surface area contributed by atoms with Crippen LogP contribution < -0.4 is 0 Å². The Bertz CT molecular complexity index is 791. The lowest BCUT2D eigenvalue weighted by molar-refractivity contribution is 0.0691. The van der Waals surface area contributed by atoms with Crippen LogP contribution in [0.2, 0.25) is 0 Å². The number of oxazole rings is 1. The second-order valence-corrected chi connectivity index (χ2v) is 5.09. The Kier molecular flexibility index (Phi) is 3.26. The number of thiophene rings is 1. The van der Waals surface area contributed by atoms with E-state index in [1.807, 2.05) is 0 Å². The van der Waals surface area contributed by atoms with Crippen LogP contribution in [0.25, 0.3) is 22.1 Å².